The SMILES string of the molecule is CC(C)c1ncncc1-c1cc(F)ccc1Nc1cnccc1N1CCN(CC2CCC3(CC2)OCCO3)CC1. The van der Waals surface area contributed by atoms with Crippen molar-refractivity contribution in [3.8, 4) is 11.1 Å². The smallest absolute Gasteiger partial charge is 0.168 e. The fourth-order valence-electron chi connectivity index (χ4n) is 6.38. The normalized spacial score (nSPS) is 19.9. The second-order valence-corrected chi connectivity index (χ2v) is 11.5. The largest absolute Gasteiger partial charge is 0.367 e. The van der Waals surface area contributed by atoms with E-state index in [0.717, 1.165) is 92.7 Å². The fraction of sp³-hybridized carbons (Fsp3) is 0.516. The standard InChI is InChI=1S/C31H39FN6O2/c1-22(2)30-26(18-34-21-35-30)25-17-24(32)3-4-27(25)36-28-19-33-10-7-29(28)38-13-11-37(12-14-38)20-23-5-8-31(9-6-23)39-15-16-40-31/h3-4,7,10,17-19,21-23,36H,5-6,8-9,11-16,20H2,1-2H3. The van der Waals surface area contributed by atoms with Gasteiger partial charge in [-0.2, -0.15) is 0 Å². The van der Waals surface area contributed by atoms with Gasteiger partial charge in [0.05, 0.1) is 36.5 Å². The van der Waals surface area contributed by atoms with Crippen LogP contribution in [0, 0.1) is 11.7 Å². The Kier molecular flexibility index (Phi) is 7.96. The Bertz CT molecular complexity index is 1300. The van der Waals surface area contributed by atoms with Gasteiger partial charge in [-0.3, -0.25) is 9.88 Å². The Labute approximate surface area is 235 Å². The Hall–Kier alpha value is -3.14. The average Bonchev–Trinajstić information content (AvgIpc) is 3.44. The number of anilines is 3. The summed E-state index contributed by atoms with van der Waals surface area (Å²) in [5, 5.41) is 3.57. The van der Waals surface area contributed by atoms with E-state index >= 15 is 0 Å². The molecule has 40 heavy (non-hydrogen) atoms. The average molecular weight is 547 g/mol. The van der Waals surface area contributed by atoms with Crippen molar-refractivity contribution in [1.29, 1.82) is 0 Å². The minimum Gasteiger partial charge on any atom is -0.367 e. The second-order valence-electron chi connectivity index (χ2n) is 11.5. The number of ether oxygens (including phenoxy) is 2. The van der Waals surface area contributed by atoms with Gasteiger partial charge in [0.1, 0.15) is 12.1 Å². The zero-order valence-corrected chi connectivity index (χ0v) is 23.5. The lowest BCUT2D eigenvalue weighted by atomic mass is 9.84. The van der Waals surface area contributed by atoms with E-state index < -0.39 is 0 Å². The highest BCUT2D eigenvalue weighted by molar-refractivity contribution is 5.85. The molecule has 0 bridgehead atoms. The molecular weight excluding hydrogens is 507 g/mol. The minimum atomic E-state index is -0.293. The van der Waals surface area contributed by atoms with Crippen LogP contribution in [0.1, 0.15) is 51.1 Å². The van der Waals surface area contributed by atoms with Crippen molar-refractivity contribution in [2.45, 2.75) is 51.2 Å². The first-order valence-electron chi connectivity index (χ1n) is 14.6. The molecule has 9 heteroatoms. The Morgan fingerprint density at radius 3 is 2.50 bits per heavy atom. The van der Waals surface area contributed by atoms with Gasteiger partial charge < -0.3 is 19.7 Å². The summed E-state index contributed by atoms with van der Waals surface area (Å²) >= 11 is 0. The molecule has 1 saturated carbocycles. The molecule has 1 N–H and O–H groups in total. The van der Waals surface area contributed by atoms with E-state index in [9.17, 15) is 4.39 Å². The molecule has 1 spiro atoms. The zero-order chi connectivity index (χ0) is 27.5. The van der Waals surface area contributed by atoms with Crippen molar-refractivity contribution in [2.75, 3.05) is 56.2 Å². The molecule has 2 aliphatic heterocycles. The van der Waals surface area contributed by atoms with Crippen LogP contribution in [0.25, 0.3) is 11.1 Å². The molecule has 6 rings (SSSR count). The molecule has 2 saturated heterocycles. The van der Waals surface area contributed by atoms with Crippen LogP contribution in [0.3, 0.4) is 0 Å². The van der Waals surface area contributed by atoms with Gasteiger partial charge in [-0.05, 0) is 48.9 Å². The first-order chi connectivity index (χ1) is 19.5. The summed E-state index contributed by atoms with van der Waals surface area (Å²) in [6.07, 6.45) is 11.4. The molecular formula is C31H39FN6O2. The van der Waals surface area contributed by atoms with Crippen LogP contribution < -0.4 is 10.2 Å². The van der Waals surface area contributed by atoms with Crippen LogP contribution in [-0.4, -0.2) is 71.6 Å². The topological polar surface area (TPSA) is 75.6 Å². The molecule has 3 fully saturated rings. The van der Waals surface area contributed by atoms with Crippen LogP contribution in [-0.2, 0) is 9.47 Å². The van der Waals surface area contributed by atoms with E-state index in [1.165, 1.54) is 18.9 Å². The number of hydrogen-bond donors (Lipinski definition) is 1. The van der Waals surface area contributed by atoms with Crippen molar-refractivity contribution in [1.82, 2.24) is 19.9 Å². The summed E-state index contributed by atoms with van der Waals surface area (Å²) in [5.74, 6) is 0.308. The molecule has 0 radical (unpaired) electrons. The third kappa shape index (κ3) is 5.82. The molecule has 3 aromatic rings. The number of nitrogens with zero attached hydrogens (tertiary/aromatic N) is 5. The first kappa shape index (κ1) is 27.1. The molecule has 1 aliphatic carbocycles. The number of aromatic nitrogens is 3. The van der Waals surface area contributed by atoms with Crippen molar-refractivity contribution < 1.29 is 13.9 Å². The Morgan fingerprint density at radius 2 is 1.75 bits per heavy atom. The lowest BCUT2D eigenvalue weighted by Gasteiger charge is -2.41. The number of rotatable bonds is 7. The molecule has 2 aromatic heterocycles. The number of hydrogen-bond acceptors (Lipinski definition) is 8. The molecule has 3 aliphatic rings. The number of nitrogens with one attached hydrogen (secondary N) is 1. The quantitative estimate of drug-likeness (QED) is 0.411. The van der Waals surface area contributed by atoms with Gasteiger partial charge in [-0.1, -0.05) is 13.8 Å². The van der Waals surface area contributed by atoms with Crippen LogP contribution in [0.5, 0.6) is 0 Å². The third-order valence-corrected chi connectivity index (χ3v) is 8.54. The molecule has 4 heterocycles. The lowest BCUT2D eigenvalue weighted by molar-refractivity contribution is -0.183. The van der Waals surface area contributed by atoms with Gasteiger partial charge >= 0.3 is 0 Å². The summed E-state index contributed by atoms with van der Waals surface area (Å²) in [7, 11) is 0. The van der Waals surface area contributed by atoms with Crippen LogP contribution >= 0.6 is 0 Å². The lowest BCUT2D eigenvalue weighted by Crippen LogP contribution is -2.48. The first-order valence-corrected chi connectivity index (χ1v) is 14.6. The Morgan fingerprint density at radius 1 is 0.975 bits per heavy atom. The highest BCUT2D eigenvalue weighted by Crippen LogP contribution is 2.39. The van der Waals surface area contributed by atoms with Gasteiger partial charge in [0.2, 0.25) is 0 Å². The van der Waals surface area contributed by atoms with E-state index in [0.29, 0.717) is 5.92 Å². The maximum atomic E-state index is 14.5. The van der Waals surface area contributed by atoms with Crippen LogP contribution in [0.15, 0.2) is 49.2 Å². The molecule has 0 unspecified atom stereocenters. The van der Waals surface area contributed by atoms with Crippen molar-refractivity contribution in [3.63, 3.8) is 0 Å². The summed E-state index contributed by atoms with van der Waals surface area (Å²) in [5.41, 5.74) is 5.28. The summed E-state index contributed by atoms with van der Waals surface area (Å²) in [4.78, 5) is 18.2. The van der Waals surface area contributed by atoms with Gasteiger partial charge in [0.25, 0.3) is 0 Å². The zero-order valence-electron chi connectivity index (χ0n) is 23.5. The van der Waals surface area contributed by atoms with E-state index in [1.54, 1.807) is 24.7 Å². The van der Waals surface area contributed by atoms with Crippen LogP contribution in [0.4, 0.5) is 21.5 Å². The van der Waals surface area contributed by atoms with Crippen LogP contribution in [0.2, 0.25) is 0 Å². The predicted octanol–water partition coefficient (Wildman–Crippen LogP) is 5.60. The molecule has 212 valence electrons. The second kappa shape index (κ2) is 11.8. The van der Waals surface area contributed by atoms with E-state index in [4.69, 9.17) is 9.47 Å². The molecule has 0 atom stereocenters. The molecule has 0 amide bonds. The van der Waals surface area contributed by atoms with Crippen molar-refractivity contribution in [2.24, 2.45) is 5.92 Å². The number of piperazine rings is 1. The molecule has 1 aromatic carbocycles. The van der Waals surface area contributed by atoms with Gasteiger partial charge in [0, 0.05) is 74.8 Å². The van der Waals surface area contributed by atoms with E-state index in [2.05, 4.69) is 50.0 Å². The van der Waals surface area contributed by atoms with Gasteiger partial charge in [0.15, 0.2) is 5.79 Å². The maximum absolute atomic E-state index is 14.5. The number of pyridine rings is 1. The number of benzene rings is 1. The van der Waals surface area contributed by atoms with Crippen molar-refractivity contribution >= 4 is 17.1 Å². The minimum absolute atomic E-state index is 0.179. The van der Waals surface area contributed by atoms with Gasteiger partial charge in [-0.15, -0.1) is 0 Å². The summed E-state index contributed by atoms with van der Waals surface area (Å²) < 4.78 is 26.3. The fourth-order valence-corrected chi connectivity index (χ4v) is 6.38. The van der Waals surface area contributed by atoms with E-state index in [-0.39, 0.29) is 17.5 Å². The number of halogens is 1. The Balaban J connectivity index is 1.13. The highest BCUT2D eigenvalue weighted by Gasteiger charge is 2.40. The highest BCUT2D eigenvalue weighted by atomic mass is 19.1. The predicted molar refractivity (Wildman–Crippen MR) is 154 cm³/mol. The van der Waals surface area contributed by atoms with Crippen molar-refractivity contribution in [3.05, 3.63) is 60.7 Å². The molecule has 8 nitrogen and oxygen atoms in total. The summed E-state index contributed by atoms with van der Waals surface area (Å²) in [6.45, 7) is 10.7. The summed E-state index contributed by atoms with van der Waals surface area (Å²) in [6, 6.07) is 6.89. The monoisotopic (exact) mass is 546 g/mol. The van der Waals surface area contributed by atoms with Gasteiger partial charge in [-0.25, -0.2) is 14.4 Å². The third-order valence-electron chi connectivity index (χ3n) is 8.54. The van der Waals surface area contributed by atoms with E-state index in [1.807, 2.05) is 12.4 Å². The maximum Gasteiger partial charge on any atom is 0.168 e.